The Morgan fingerprint density at radius 2 is 2.12 bits per heavy atom. The molecule has 1 rings (SSSR count). The minimum Gasteiger partial charge on any atom is -0.240 e. The van der Waals surface area contributed by atoms with Crippen molar-refractivity contribution in [2.45, 2.75) is 19.8 Å². The van der Waals surface area contributed by atoms with Crippen molar-refractivity contribution in [3.63, 3.8) is 0 Å². The zero-order valence-electron chi connectivity index (χ0n) is 5.44. The molecule has 1 fully saturated rings. The summed E-state index contributed by atoms with van der Waals surface area (Å²) in [5, 5.41) is 0. The Balaban J connectivity index is 2.01. The van der Waals surface area contributed by atoms with Gasteiger partial charge in [0.25, 0.3) is 0 Å². The highest BCUT2D eigenvalue weighted by atomic mass is 17.2. The predicted octanol–water partition coefficient (Wildman–Crippen LogP) is 1.36. The van der Waals surface area contributed by atoms with Crippen LogP contribution in [0.4, 0.5) is 0 Å². The van der Waals surface area contributed by atoms with Crippen molar-refractivity contribution in [3.05, 3.63) is 0 Å². The molecule has 48 valence electrons. The van der Waals surface area contributed by atoms with Crippen LogP contribution >= 0.6 is 0 Å². The molecule has 1 aliphatic rings. The standard InChI is InChI=1S/C6H12O2/c1-6(3-4-6)5-8-7-2/h3-5H2,1-2H3. The summed E-state index contributed by atoms with van der Waals surface area (Å²) < 4.78 is 0. The van der Waals surface area contributed by atoms with Gasteiger partial charge in [0.05, 0.1) is 13.7 Å². The first-order valence-corrected chi connectivity index (χ1v) is 2.92. The average molecular weight is 116 g/mol. The molecule has 0 aliphatic heterocycles. The maximum Gasteiger partial charge on any atom is 0.0875 e. The second kappa shape index (κ2) is 2.03. The van der Waals surface area contributed by atoms with Gasteiger partial charge in [0.1, 0.15) is 0 Å². The Morgan fingerprint density at radius 1 is 1.50 bits per heavy atom. The molecule has 0 aromatic carbocycles. The van der Waals surface area contributed by atoms with Crippen LogP contribution in [0.1, 0.15) is 19.8 Å². The lowest BCUT2D eigenvalue weighted by Gasteiger charge is -2.04. The van der Waals surface area contributed by atoms with Gasteiger partial charge in [-0.15, -0.1) is 0 Å². The van der Waals surface area contributed by atoms with E-state index in [0.29, 0.717) is 5.41 Å². The topological polar surface area (TPSA) is 18.5 Å². The Morgan fingerprint density at radius 3 is 2.50 bits per heavy atom. The Labute approximate surface area is 49.7 Å². The molecule has 0 saturated heterocycles. The molecule has 8 heavy (non-hydrogen) atoms. The molecule has 2 nitrogen and oxygen atoms in total. The van der Waals surface area contributed by atoms with E-state index in [-0.39, 0.29) is 0 Å². The lowest BCUT2D eigenvalue weighted by atomic mass is 10.2. The lowest BCUT2D eigenvalue weighted by Crippen LogP contribution is -2.04. The zero-order chi connectivity index (χ0) is 6.04. The van der Waals surface area contributed by atoms with Crippen molar-refractivity contribution < 1.29 is 9.78 Å². The van der Waals surface area contributed by atoms with Crippen molar-refractivity contribution in [2.24, 2.45) is 5.41 Å². The molecule has 2 heteroatoms. The summed E-state index contributed by atoms with van der Waals surface area (Å²) >= 11 is 0. The van der Waals surface area contributed by atoms with Crippen LogP contribution in [0.2, 0.25) is 0 Å². The van der Waals surface area contributed by atoms with Crippen molar-refractivity contribution in [1.82, 2.24) is 0 Å². The van der Waals surface area contributed by atoms with Gasteiger partial charge in [0, 0.05) is 0 Å². The van der Waals surface area contributed by atoms with Crippen molar-refractivity contribution in [3.8, 4) is 0 Å². The molecule has 0 amide bonds. The van der Waals surface area contributed by atoms with Crippen LogP contribution in [0, 0.1) is 5.41 Å². The van der Waals surface area contributed by atoms with Gasteiger partial charge in [-0.1, -0.05) is 6.92 Å². The van der Waals surface area contributed by atoms with E-state index in [1.807, 2.05) is 0 Å². The summed E-state index contributed by atoms with van der Waals surface area (Å²) in [4.78, 5) is 9.22. The first-order chi connectivity index (χ1) is 3.77. The Hall–Kier alpha value is -0.0800. The second-order valence-electron chi connectivity index (χ2n) is 2.74. The summed E-state index contributed by atoms with van der Waals surface area (Å²) in [5.74, 6) is 0. The van der Waals surface area contributed by atoms with Crippen LogP contribution in [-0.4, -0.2) is 13.7 Å². The van der Waals surface area contributed by atoms with Crippen LogP contribution < -0.4 is 0 Å². The largest absolute Gasteiger partial charge is 0.240 e. The number of hydrogen-bond donors (Lipinski definition) is 0. The summed E-state index contributed by atoms with van der Waals surface area (Å²) in [6.45, 7) is 2.95. The lowest BCUT2D eigenvalue weighted by molar-refractivity contribution is -0.281. The van der Waals surface area contributed by atoms with Gasteiger partial charge in [-0.3, -0.25) is 0 Å². The summed E-state index contributed by atoms with van der Waals surface area (Å²) in [5.41, 5.74) is 0.454. The Bertz CT molecular complexity index is 76.6. The molecule has 0 radical (unpaired) electrons. The average Bonchev–Trinajstić information content (AvgIpc) is 2.45. The third-order valence-corrected chi connectivity index (χ3v) is 1.63. The van der Waals surface area contributed by atoms with Crippen LogP contribution in [0.5, 0.6) is 0 Å². The van der Waals surface area contributed by atoms with Gasteiger partial charge < -0.3 is 0 Å². The second-order valence-corrected chi connectivity index (χ2v) is 2.74. The third kappa shape index (κ3) is 1.46. The van der Waals surface area contributed by atoms with Gasteiger partial charge in [-0.05, 0) is 18.3 Å². The monoisotopic (exact) mass is 116 g/mol. The molecule has 0 N–H and O–H groups in total. The third-order valence-electron chi connectivity index (χ3n) is 1.63. The van der Waals surface area contributed by atoms with Crippen LogP contribution in [0.15, 0.2) is 0 Å². The van der Waals surface area contributed by atoms with Crippen LogP contribution in [0.3, 0.4) is 0 Å². The normalized spacial score (nSPS) is 23.2. The molecule has 0 aromatic rings. The van der Waals surface area contributed by atoms with Crippen LogP contribution in [0.25, 0.3) is 0 Å². The van der Waals surface area contributed by atoms with Crippen LogP contribution in [-0.2, 0) is 9.78 Å². The van der Waals surface area contributed by atoms with E-state index in [2.05, 4.69) is 11.8 Å². The fourth-order valence-electron chi connectivity index (χ4n) is 0.559. The molecule has 0 atom stereocenters. The quantitative estimate of drug-likeness (QED) is 0.409. The van der Waals surface area contributed by atoms with Gasteiger partial charge in [-0.2, -0.15) is 0 Å². The fraction of sp³-hybridized carbons (Fsp3) is 1.00. The van der Waals surface area contributed by atoms with Gasteiger partial charge in [0.2, 0.25) is 0 Å². The molecule has 1 aliphatic carbocycles. The SMILES string of the molecule is COOCC1(C)CC1. The summed E-state index contributed by atoms with van der Waals surface area (Å²) in [6.07, 6.45) is 2.58. The van der Waals surface area contributed by atoms with E-state index in [4.69, 9.17) is 4.89 Å². The van der Waals surface area contributed by atoms with E-state index in [0.717, 1.165) is 6.61 Å². The zero-order valence-corrected chi connectivity index (χ0v) is 5.44. The molecule has 0 spiro atoms. The molecular weight excluding hydrogens is 104 g/mol. The van der Waals surface area contributed by atoms with E-state index in [9.17, 15) is 0 Å². The number of hydrogen-bond acceptors (Lipinski definition) is 2. The first-order valence-electron chi connectivity index (χ1n) is 2.92. The maximum absolute atomic E-state index is 4.76. The molecular formula is C6H12O2. The van der Waals surface area contributed by atoms with E-state index >= 15 is 0 Å². The smallest absolute Gasteiger partial charge is 0.0875 e. The highest BCUT2D eigenvalue weighted by molar-refractivity contribution is 4.87. The van der Waals surface area contributed by atoms with Gasteiger partial charge >= 0.3 is 0 Å². The first kappa shape index (κ1) is 6.05. The summed E-state index contributed by atoms with van der Waals surface area (Å²) in [6, 6.07) is 0. The Kier molecular flexibility index (Phi) is 1.54. The van der Waals surface area contributed by atoms with Gasteiger partial charge in [-0.25, -0.2) is 9.78 Å². The molecule has 0 heterocycles. The fourth-order valence-corrected chi connectivity index (χ4v) is 0.559. The molecule has 0 aromatic heterocycles. The maximum atomic E-state index is 4.76. The number of rotatable bonds is 3. The van der Waals surface area contributed by atoms with E-state index < -0.39 is 0 Å². The van der Waals surface area contributed by atoms with E-state index in [1.54, 1.807) is 7.11 Å². The van der Waals surface area contributed by atoms with Crippen molar-refractivity contribution >= 4 is 0 Å². The highest BCUT2D eigenvalue weighted by Crippen LogP contribution is 2.44. The minimum atomic E-state index is 0.454. The predicted molar refractivity (Wildman–Crippen MR) is 30.3 cm³/mol. The molecule has 0 unspecified atom stereocenters. The highest BCUT2D eigenvalue weighted by Gasteiger charge is 2.37. The van der Waals surface area contributed by atoms with E-state index in [1.165, 1.54) is 12.8 Å². The van der Waals surface area contributed by atoms with Crippen molar-refractivity contribution in [1.29, 1.82) is 0 Å². The minimum absolute atomic E-state index is 0.454. The molecule has 0 bridgehead atoms. The van der Waals surface area contributed by atoms with Crippen molar-refractivity contribution in [2.75, 3.05) is 13.7 Å². The summed E-state index contributed by atoms with van der Waals surface area (Å²) in [7, 11) is 1.55. The molecule has 1 saturated carbocycles. The van der Waals surface area contributed by atoms with Gasteiger partial charge in [0.15, 0.2) is 0 Å².